The topological polar surface area (TPSA) is 147 Å². The molecule has 2 fully saturated rings. The van der Waals surface area contributed by atoms with Gasteiger partial charge in [-0.2, -0.15) is 0 Å². The Hall–Kier alpha value is -1.56. The van der Waals surface area contributed by atoms with Crippen LogP contribution in [0, 0.1) is 6.92 Å². The zero-order valence-corrected chi connectivity index (χ0v) is 20.8. The molecule has 0 saturated carbocycles. The SMILES string of the molecule is Cc1onc(-c2ccccc2Cl)c1C(=O)N[C@@H]1C(=O)N2C1SC(C)(C)[C@@H]2C(=O)[O-].O.[Na+]. The predicted molar refractivity (Wildman–Crippen MR) is 108 cm³/mol. The van der Waals surface area contributed by atoms with Crippen LogP contribution in [0.2, 0.25) is 5.02 Å². The molecule has 2 aliphatic rings. The van der Waals surface area contributed by atoms with Crippen LogP contribution in [-0.4, -0.2) is 55.5 Å². The van der Waals surface area contributed by atoms with E-state index in [1.165, 1.54) is 16.7 Å². The number of β-lactam (4-membered cyclic amide) rings is 1. The largest absolute Gasteiger partial charge is 1.00 e. The zero-order valence-electron chi connectivity index (χ0n) is 17.3. The fraction of sp³-hybridized carbons (Fsp3) is 0.368. The summed E-state index contributed by atoms with van der Waals surface area (Å²) in [6.07, 6.45) is 0. The Morgan fingerprint density at radius 1 is 1.32 bits per heavy atom. The molecule has 2 saturated heterocycles. The van der Waals surface area contributed by atoms with Crippen molar-refractivity contribution in [3.05, 3.63) is 40.6 Å². The van der Waals surface area contributed by atoms with E-state index in [4.69, 9.17) is 16.1 Å². The van der Waals surface area contributed by atoms with Crippen LogP contribution < -0.4 is 40.0 Å². The summed E-state index contributed by atoms with van der Waals surface area (Å²) in [5.41, 5.74) is 0.996. The molecule has 2 aromatic rings. The van der Waals surface area contributed by atoms with E-state index >= 15 is 0 Å². The number of nitrogens with one attached hydrogen (secondary N) is 1. The predicted octanol–water partition coefficient (Wildman–Crippen LogP) is -2.61. The second kappa shape index (κ2) is 9.13. The van der Waals surface area contributed by atoms with Gasteiger partial charge in [-0.3, -0.25) is 9.59 Å². The number of fused-ring (bicyclic) bond motifs is 1. The summed E-state index contributed by atoms with van der Waals surface area (Å²) < 4.78 is 4.47. The van der Waals surface area contributed by atoms with E-state index in [1.807, 2.05) is 0 Å². The van der Waals surface area contributed by atoms with Crippen LogP contribution in [0.15, 0.2) is 28.8 Å². The van der Waals surface area contributed by atoms with Gasteiger partial charge in [-0.25, -0.2) is 0 Å². The van der Waals surface area contributed by atoms with Crippen molar-refractivity contribution >= 4 is 41.1 Å². The normalized spacial score (nSPS) is 23.2. The number of amides is 2. The number of thioether (sulfide) groups is 1. The number of carbonyl (C=O) groups excluding carboxylic acids is 3. The number of carboxylic acids is 1. The Labute approximate surface area is 209 Å². The molecule has 12 heteroatoms. The van der Waals surface area contributed by atoms with Gasteiger partial charge in [0.2, 0.25) is 5.91 Å². The summed E-state index contributed by atoms with van der Waals surface area (Å²) in [6, 6.07) is 5.02. The fourth-order valence-electron chi connectivity index (χ4n) is 3.82. The number of aliphatic carboxylic acids is 1. The molecule has 3 N–H and O–H groups in total. The van der Waals surface area contributed by atoms with Crippen molar-refractivity contribution in [3.8, 4) is 11.3 Å². The Balaban J connectivity index is 0.00000171. The van der Waals surface area contributed by atoms with E-state index in [1.54, 1.807) is 45.0 Å². The average molecular weight is 476 g/mol. The van der Waals surface area contributed by atoms with Gasteiger partial charge in [0.15, 0.2) is 0 Å². The van der Waals surface area contributed by atoms with Crippen molar-refractivity contribution in [2.24, 2.45) is 0 Å². The molecule has 4 rings (SSSR count). The van der Waals surface area contributed by atoms with Gasteiger partial charge in [0.1, 0.15) is 28.4 Å². The summed E-state index contributed by atoms with van der Waals surface area (Å²) in [5, 5.41) is 18.1. The van der Waals surface area contributed by atoms with Crippen LogP contribution in [0.4, 0.5) is 0 Å². The van der Waals surface area contributed by atoms with Gasteiger partial charge < -0.3 is 30.1 Å². The summed E-state index contributed by atoms with van der Waals surface area (Å²) in [7, 11) is 0. The molecule has 3 atom stereocenters. The van der Waals surface area contributed by atoms with E-state index < -0.39 is 40.0 Å². The average Bonchev–Trinajstić information content (AvgIpc) is 3.15. The molecule has 160 valence electrons. The van der Waals surface area contributed by atoms with E-state index in [9.17, 15) is 19.5 Å². The van der Waals surface area contributed by atoms with Crippen molar-refractivity contribution < 1.29 is 59.0 Å². The fourth-order valence-corrected chi connectivity index (χ4v) is 5.66. The number of hydrogen-bond acceptors (Lipinski definition) is 7. The summed E-state index contributed by atoms with van der Waals surface area (Å²) in [4.78, 5) is 38.3. The van der Waals surface area contributed by atoms with E-state index in [0.29, 0.717) is 10.6 Å². The van der Waals surface area contributed by atoms with Crippen LogP contribution >= 0.6 is 23.4 Å². The monoisotopic (exact) mass is 475 g/mol. The minimum absolute atomic E-state index is 0. The molecular weight excluding hydrogens is 457 g/mol. The first-order valence-corrected chi connectivity index (χ1v) is 10.1. The Bertz CT molecular complexity index is 1050. The standard InChI is InChI=1S/C19H18ClN3O5S.Na.H2O/c1-8-11(12(22-28-8)9-6-4-5-7-10(9)20)15(24)21-13-16(25)23-14(18(26)27)19(2,3)29-17(13)23;;/h4-7,13-14,17H,1-3H3,(H,21,24)(H,26,27);;1H2/q;+1;/p-1/t13-,14+,17?;;/m1../s1. The van der Waals surface area contributed by atoms with Crippen LogP contribution in [-0.2, 0) is 9.59 Å². The van der Waals surface area contributed by atoms with Crippen LogP contribution in [0.25, 0.3) is 11.3 Å². The van der Waals surface area contributed by atoms with Crippen LogP contribution in [0.1, 0.15) is 30.0 Å². The molecule has 9 nitrogen and oxygen atoms in total. The number of aromatic nitrogens is 1. The van der Waals surface area contributed by atoms with E-state index in [2.05, 4.69) is 10.5 Å². The van der Waals surface area contributed by atoms with Gasteiger partial charge in [-0.1, -0.05) is 35.0 Å². The molecule has 0 radical (unpaired) electrons. The molecule has 1 aromatic carbocycles. The molecule has 0 aliphatic carbocycles. The van der Waals surface area contributed by atoms with Gasteiger partial charge in [-0.15, -0.1) is 11.8 Å². The van der Waals surface area contributed by atoms with Crippen molar-refractivity contribution in [2.75, 3.05) is 0 Å². The van der Waals surface area contributed by atoms with Crippen molar-refractivity contribution in [1.29, 1.82) is 0 Å². The smallest absolute Gasteiger partial charge is 0.548 e. The van der Waals surface area contributed by atoms with Gasteiger partial charge in [-0.05, 0) is 26.8 Å². The molecule has 31 heavy (non-hydrogen) atoms. The number of aryl methyl sites for hydroxylation is 1. The van der Waals surface area contributed by atoms with E-state index in [-0.39, 0.29) is 52.1 Å². The Kier molecular flexibility index (Phi) is 7.57. The van der Waals surface area contributed by atoms with Crippen molar-refractivity contribution in [3.63, 3.8) is 0 Å². The molecule has 0 bridgehead atoms. The first-order chi connectivity index (χ1) is 13.6. The molecule has 1 unspecified atom stereocenters. The van der Waals surface area contributed by atoms with Crippen molar-refractivity contribution in [1.82, 2.24) is 15.4 Å². The number of carboxylic acid groups (broad SMARTS) is 1. The maximum Gasteiger partial charge on any atom is 1.00 e. The quantitative estimate of drug-likeness (QED) is 0.376. The van der Waals surface area contributed by atoms with E-state index in [0.717, 1.165) is 0 Å². The summed E-state index contributed by atoms with van der Waals surface area (Å²) in [5.74, 6) is -2.01. The number of rotatable bonds is 4. The van der Waals surface area contributed by atoms with Gasteiger partial charge in [0.05, 0.1) is 17.0 Å². The molecule has 1 aromatic heterocycles. The maximum atomic E-state index is 13.0. The number of halogens is 1. The second-order valence-electron chi connectivity index (χ2n) is 7.47. The Morgan fingerprint density at radius 3 is 2.58 bits per heavy atom. The molecule has 2 aliphatic heterocycles. The van der Waals surface area contributed by atoms with Gasteiger partial charge in [0.25, 0.3) is 5.91 Å². The third kappa shape index (κ3) is 4.12. The molecule has 3 heterocycles. The summed E-state index contributed by atoms with van der Waals surface area (Å²) in [6.45, 7) is 5.07. The van der Waals surface area contributed by atoms with Gasteiger partial charge in [0, 0.05) is 10.3 Å². The third-order valence-corrected chi connectivity index (χ3v) is 7.07. The number of nitrogens with zero attached hydrogens (tertiary/aromatic N) is 2. The first-order valence-electron chi connectivity index (χ1n) is 8.86. The minimum atomic E-state index is -1.31. The number of carbonyl (C=O) groups is 3. The minimum Gasteiger partial charge on any atom is -0.548 e. The van der Waals surface area contributed by atoms with Crippen LogP contribution in [0.3, 0.4) is 0 Å². The maximum absolute atomic E-state index is 13.0. The summed E-state index contributed by atoms with van der Waals surface area (Å²) >= 11 is 7.54. The first kappa shape index (κ1) is 25.7. The van der Waals surface area contributed by atoms with Gasteiger partial charge >= 0.3 is 29.6 Å². The zero-order chi connectivity index (χ0) is 21.1. The number of benzene rings is 1. The van der Waals surface area contributed by atoms with Crippen molar-refractivity contribution in [2.45, 2.75) is 43.0 Å². The molecule has 2 amide bonds. The third-order valence-electron chi connectivity index (χ3n) is 5.17. The Morgan fingerprint density at radius 2 is 1.97 bits per heavy atom. The second-order valence-corrected chi connectivity index (χ2v) is 9.65. The molecule has 0 spiro atoms. The van der Waals surface area contributed by atoms with Crippen LogP contribution in [0.5, 0.6) is 0 Å². The molecular formula is C19H19ClN3NaO6S. The number of hydrogen-bond donors (Lipinski definition) is 1.